The van der Waals surface area contributed by atoms with Gasteiger partial charge in [0.05, 0.1) is 0 Å². The zero-order valence-electron chi connectivity index (χ0n) is 17.0. The van der Waals surface area contributed by atoms with Crippen LogP contribution in [0.5, 0.6) is 0 Å². The molecule has 4 heterocycles. The third-order valence-electron chi connectivity index (χ3n) is 6.32. The normalized spacial score (nSPS) is 20.2. The van der Waals surface area contributed by atoms with E-state index < -0.39 is 5.54 Å². The predicted octanol–water partition coefficient (Wildman–Crippen LogP) is 2.71. The highest BCUT2D eigenvalue weighted by Gasteiger charge is 2.43. The summed E-state index contributed by atoms with van der Waals surface area (Å²) in [6, 6.07) is 9.73. The van der Waals surface area contributed by atoms with Crippen molar-refractivity contribution in [3.05, 3.63) is 60.2 Å². The van der Waals surface area contributed by atoms with Gasteiger partial charge in [-0.3, -0.25) is 9.97 Å². The zero-order chi connectivity index (χ0) is 20.6. The molecule has 0 amide bonds. The van der Waals surface area contributed by atoms with Crippen molar-refractivity contribution in [3.8, 4) is 11.5 Å². The highest BCUT2D eigenvalue weighted by molar-refractivity contribution is 5.76. The summed E-state index contributed by atoms with van der Waals surface area (Å²) in [5.41, 5.74) is 3.46. The van der Waals surface area contributed by atoms with Crippen LogP contribution in [-0.2, 0) is 17.6 Å². The minimum Gasteiger partial charge on any atom is -0.369 e. The first-order chi connectivity index (χ1) is 14.7. The summed E-state index contributed by atoms with van der Waals surface area (Å²) in [4.78, 5) is 35.0. The van der Waals surface area contributed by atoms with Crippen LogP contribution in [0.15, 0.2) is 48.9 Å². The first-order valence-electron chi connectivity index (χ1n) is 10.4. The fraction of sp³-hybridized carbons (Fsp3) is 0.348. The number of rotatable bonds is 5. The largest absolute Gasteiger partial charge is 0.369 e. The third-order valence-corrected chi connectivity index (χ3v) is 6.32. The number of hydrogen-bond donors (Lipinski definition) is 0. The second-order valence-electron chi connectivity index (χ2n) is 8.02. The van der Waals surface area contributed by atoms with E-state index in [1.165, 1.54) is 5.56 Å². The van der Waals surface area contributed by atoms with E-state index in [1.54, 1.807) is 18.6 Å². The summed E-state index contributed by atoms with van der Waals surface area (Å²) in [5, 5.41) is 0. The molecule has 0 bridgehead atoms. The molecule has 1 saturated heterocycles. The van der Waals surface area contributed by atoms with Crippen LogP contribution in [0, 0.1) is 0 Å². The van der Waals surface area contributed by atoms with Gasteiger partial charge in [0.1, 0.15) is 23.3 Å². The Morgan fingerprint density at radius 1 is 1.10 bits per heavy atom. The first-order valence-corrected chi connectivity index (χ1v) is 10.4. The molecule has 1 aliphatic carbocycles. The van der Waals surface area contributed by atoms with Crippen molar-refractivity contribution in [2.75, 3.05) is 29.9 Å². The summed E-state index contributed by atoms with van der Waals surface area (Å²) in [6.45, 7) is 1.43. The number of aromatic nitrogens is 4. The Kier molecular flexibility index (Phi) is 4.65. The van der Waals surface area contributed by atoms with Crippen LogP contribution in [0.25, 0.3) is 11.5 Å². The van der Waals surface area contributed by atoms with Crippen LogP contribution >= 0.6 is 0 Å². The van der Waals surface area contributed by atoms with Crippen LogP contribution < -0.4 is 9.80 Å². The van der Waals surface area contributed by atoms with E-state index in [0.29, 0.717) is 12.4 Å². The van der Waals surface area contributed by atoms with Crippen LogP contribution in [0.3, 0.4) is 0 Å². The Morgan fingerprint density at radius 2 is 1.97 bits per heavy atom. The Hall–Kier alpha value is -3.35. The lowest BCUT2D eigenvalue weighted by Crippen LogP contribution is -2.51. The molecule has 0 N–H and O–H groups in total. The van der Waals surface area contributed by atoms with Crippen molar-refractivity contribution in [1.29, 1.82) is 0 Å². The summed E-state index contributed by atoms with van der Waals surface area (Å²) < 4.78 is 0. The maximum absolute atomic E-state index is 12.4. The van der Waals surface area contributed by atoms with Crippen LogP contribution in [0.1, 0.15) is 24.1 Å². The van der Waals surface area contributed by atoms with E-state index in [1.807, 2.05) is 37.4 Å². The maximum Gasteiger partial charge on any atom is 0.180 e. The van der Waals surface area contributed by atoms with Gasteiger partial charge in [0.2, 0.25) is 0 Å². The molecule has 1 atom stereocenters. The Balaban J connectivity index is 1.53. The smallest absolute Gasteiger partial charge is 0.180 e. The molecule has 0 spiro atoms. The highest BCUT2D eigenvalue weighted by Crippen LogP contribution is 2.37. The number of nitrogens with zero attached hydrogens (tertiary/aromatic N) is 6. The molecular weight excluding hydrogens is 376 g/mol. The topological polar surface area (TPSA) is 75.1 Å². The summed E-state index contributed by atoms with van der Waals surface area (Å²) in [6.07, 6.45) is 10.1. The van der Waals surface area contributed by atoms with E-state index in [4.69, 9.17) is 9.97 Å². The molecule has 1 aliphatic heterocycles. The number of fused-ring (bicyclic) bond motifs is 1. The van der Waals surface area contributed by atoms with Crippen molar-refractivity contribution in [1.82, 2.24) is 19.9 Å². The van der Waals surface area contributed by atoms with E-state index in [0.717, 1.165) is 61.4 Å². The Morgan fingerprint density at radius 3 is 2.73 bits per heavy atom. The van der Waals surface area contributed by atoms with Gasteiger partial charge in [-0.25, -0.2) is 9.97 Å². The molecule has 30 heavy (non-hydrogen) atoms. The van der Waals surface area contributed by atoms with Crippen LogP contribution in [0.2, 0.25) is 0 Å². The van der Waals surface area contributed by atoms with Gasteiger partial charge < -0.3 is 14.6 Å². The summed E-state index contributed by atoms with van der Waals surface area (Å²) in [7, 11) is 1.99. The number of likely N-dealkylation sites (N-methyl/N-ethyl adjacent to an activating group) is 1. The SMILES string of the molecule is CN(c1nc(-c2ccccn2)nc2c1CCC2)[C@]1(C=O)CCN(c2ccncc2)C1. The molecule has 0 unspecified atom stereocenters. The van der Waals surface area contributed by atoms with E-state index in [9.17, 15) is 4.79 Å². The summed E-state index contributed by atoms with van der Waals surface area (Å²) >= 11 is 0. The molecule has 7 nitrogen and oxygen atoms in total. The van der Waals surface area contributed by atoms with Crippen molar-refractivity contribution in [3.63, 3.8) is 0 Å². The molecule has 0 aromatic carbocycles. The van der Waals surface area contributed by atoms with Crippen molar-refractivity contribution in [2.45, 2.75) is 31.2 Å². The van der Waals surface area contributed by atoms with Gasteiger partial charge in [-0.2, -0.15) is 0 Å². The number of carbonyl (C=O) groups is 1. The fourth-order valence-electron chi connectivity index (χ4n) is 4.55. The molecule has 0 saturated carbocycles. The molecule has 2 aliphatic rings. The average molecular weight is 400 g/mol. The number of aryl methyl sites for hydroxylation is 1. The van der Waals surface area contributed by atoms with Gasteiger partial charge in [0.25, 0.3) is 0 Å². The maximum atomic E-state index is 12.4. The van der Waals surface area contributed by atoms with Crippen molar-refractivity contribution in [2.24, 2.45) is 0 Å². The molecule has 0 radical (unpaired) electrons. The molecule has 7 heteroatoms. The second kappa shape index (κ2) is 7.48. The number of pyridine rings is 2. The molecule has 3 aromatic heterocycles. The number of anilines is 2. The first kappa shape index (κ1) is 18.7. The van der Waals surface area contributed by atoms with Gasteiger partial charge in [-0.05, 0) is 49.9 Å². The third kappa shape index (κ3) is 3.10. The monoisotopic (exact) mass is 400 g/mol. The van der Waals surface area contributed by atoms with E-state index >= 15 is 0 Å². The molecule has 3 aromatic rings. The number of hydrogen-bond acceptors (Lipinski definition) is 7. The second-order valence-corrected chi connectivity index (χ2v) is 8.02. The standard InChI is InChI=1S/C23H24N6O/c1-28(23(16-30)10-14-29(15-23)17-8-12-24-13-9-17)22-18-5-4-7-19(18)26-21(27-22)20-6-2-3-11-25-20/h2-3,6,8-9,11-13,16H,4-5,7,10,14-15H2,1H3/t23-/m1/s1. The average Bonchev–Trinajstić information content (AvgIpc) is 3.47. The minimum absolute atomic E-state index is 0.620. The minimum atomic E-state index is -0.630. The highest BCUT2D eigenvalue weighted by atomic mass is 16.1. The predicted molar refractivity (Wildman–Crippen MR) is 116 cm³/mol. The lowest BCUT2D eigenvalue weighted by Gasteiger charge is -2.36. The molecular formula is C23H24N6O. The number of carbonyl (C=O) groups excluding carboxylic acids is 1. The molecule has 1 fully saturated rings. The van der Waals surface area contributed by atoms with Gasteiger partial charge in [0, 0.05) is 55.7 Å². The van der Waals surface area contributed by atoms with E-state index in [2.05, 4.69) is 19.8 Å². The molecule has 5 rings (SSSR count). The van der Waals surface area contributed by atoms with Crippen molar-refractivity contribution < 1.29 is 4.79 Å². The van der Waals surface area contributed by atoms with Gasteiger partial charge in [-0.15, -0.1) is 0 Å². The van der Waals surface area contributed by atoms with E-state index in [-0.39, 0.29) is 0 Å². The van der Waals surface area contributed by atoms with Crippen LogP contribution in [-0.4, -0.2) is 51.9 Å². The lowest BCUT2D eigenvalue weighted by molar-refractivity contribution is -0.111. The van der Waals surface area contributed by atoms with Gasteiger partial charge in [-0.1, -0.05) is 6.07 Å². The zero-order valence-corrected chi connectivity index (χ0v) is 17.0. The number of aldehydes is 1. The quantitative estimate of drug-likeness (QED) is 0.610. The van der Waals surface area contributed by atoms with Gasteiger partial charge in [0.15, 0.2) is 5.82 Å². The van der Waals surface area contributed by atoms with Crippen LogP contribution in [0.4, 0.5) is 11.5 Å². The molecule has 152 valence electrons. The fourth-order valence-corrected chi connectivity index (χ4v) is 4.55. The summed E-state index contributed by atoms with van der Waals surface area (Å²) in [5.74, 6) is 1.49. The Labute approximate surface area is 175 Å². The van der Waals surface area contributed by atoms with Crippen molar-refractivity contribution >= 4 is 17.8 Å². The van der Waals surface area contributed by atoms with Gasteiger partial charge >= 0.3 is 0 Å². The lowest BCUT2D eigenvalue weighted by atomic mass is 9.98. The Bertz CT molecular complexity index is 1060.